The number of nitrogens with zero attached hydrogens (tertiary/aromatic N) is 4. The molecule has 11 aromatic carbocycles. The lowest BCUT2D eigenvalue weighted by Crippen LogP contribution is -2.24. The highest BCUT2D eigenvalue weighted by atomic mass is 15.3. The van der Waals surface area contributed by atoms with Gasteiger partial charge in [0, 0.05) is 30.9 Å². The standard InChI is InChI=1S/C65H48N4/c1-65(2)52-25-8-7-22-48(52)64-49(24-18-26-53(64)65)63-47-38-36-42(68-58-31-13-9-27-54(58)66(3)55-28-10-14-32-59(55)68)39-50(47)62(45-23-17-20-41-19-5-6-21-44(41)45)46-37-35-43(40-51(46)63)69-60-33-15-11-29-56(60)67(4)57-30-12-16-34-61(57)69/h5-40H,1-4H3. The molecule has 0 aromatic heterocycles. The molecular weight excluding hydrogens is 837 g/mol. The van der Waals surface area contributed by atoms with Crippen molar-refractivity contribution in [2.45, 2.75) is 19.3 Å². The monoisotopic (exact) mass is 884 g/mol. The van der Waals surface area contributed by atoms with E-state index in [0.717, 1.165) is 34.1 Å². The minimum absolute atomic E-state index is 0.162. The summed E-state index contributed by atoms with van der Waals surface area (Å²) < 4.78 is 0. The van der Waals surface area contributed by atoms with Crippen LogP contribution >= 0.6 is 0 Å². The zero-order valence-corrected chi connectivity index (χ0v) is 39.1. The van der Waals surface area contributed by atoms with E-state index in [1.807, 2.05) is 0 Å². The van der Waals surface area contributed by atoms with Crippen LogP contribution in [0.25, 0.3) is 65.7 Å². The molecule has 0 bridgehead atoms. The Morgan fingerprint density at radius 3 is 1.23 bits per heavy atom. The van der Waals surface area contributed by atoms with Crippen LogP contribution < -0.4 is 19.6 Å². The van der Waals surface area contributed by atoms with Crippen molar-refractivity contribution in [3.8, 4) is 33.4 Å². The normalized spacial score (nSPS) is 14.1. The van der Waals surface area contributed by atoms with Gasteiger partial charge in [-0.2, -0.15) is 0 Å². The van der Waals surface area contributed by atoms with E-state index in [-0.39, 0.29) is 5.41 Å². The third-order valence-corrected chi connectivity index (χ3v) is 15.5. The first kappa shape index (κ1) is 39.6. The topological polar surface area (TPSA) is 13.0 Å². The summed E-state index contributed by atoms with van der Waals surface area (Å²) in [5.41, 5.74) is 21.7. The quantitative estimate of drug-likeness (QED) is 0.163. The van der Waals surface area contributed by atoms with Gasteiger partial charge in [0.15, 0.2) is 0 Å². The van der Waals surface area contributed by atoms with Crippen LogP contribution in [-0.2, 0) is 5.41 Å². The van der Waals surface area contributed by atoms with Gasteiger partial charge in [0.25, 0.3) is 0 Å². The summed E-state index contributed by atoms with van der Waals surface area (Å²) in [4.78, 5) is 9.57. The second kappa shape index (κ2) is 14.7. The zero-order chi connectivity index (χ0) is 46.1. The fourth-order valence-corrected chi connectivity index (χ4v) is 12.3. The highest BCUT2D eigenvalue weighted by Gasteiger charge is 2.38. The molecule has 4 nitrogen and oxygen atoms in total. The van der Waals surface area contributed by atoms with Crippen LogP contribution in [0.3, 0.4) is 0 Å². The van der Waals surface area contributed by atoms with Crippen LogP contribution in [0.1, 0.15) is 25.0 Å². The third kappa shape index (κ3) is 5.57. The predicted molar refractivity (Wildman–Crippen MR) is 293 cm³/mol. The molecule has 0 amide bonds. The molecule has 14 rings (SSSR count). The Hall–Kier alpha value is -8.60. The Morgan fingerprint density at radius 2 is 0.681 bits per heavy atom. The molecule has 2 aliphatic heterocycles. The fraction of sp³-hybridized carbons (Fsp3) is 0.0769. The predicted octanol–water partition coefficient (Wildman–Crippen LogP) is 17.9. The SMILES string of the molecule is CN1c2ccccc2N(c2ccc3c(-c4cccc5ccccc45)c4cc(N5c6ccccc6N(C)c6ccccc65)ccc4c(-c4cccc5c4-c4ccccc4C5(C)C)c3c2)c2ccccc21. The average molecular weight is 885 g/mol. The molecule has 328 valence electrons. The Bertz CT molecular complexity index is 3860. The number of rotatable bonds is 4. The van der Waals surface area contributed by atoms with E-state index < -0.39 is 0 Å². The maximum atomic E-state index is 2.49. The van der Waals surface area contributed by atoms with Crippen LogP contribution in [-0.4, -0.2) is 14.1 Å². The van der Waals surface area contributed by atoms with Crippen molar-refractivity contribution in [2.24, 2.45) is 0 Å². The Kier molecular flexibility index (Phi) is 8.43. The maximum Gasteiger partial charge on any atom is 0.0699 e. The number of hydrogen-bond donors (Lipinski definition) is 0. The van der Waals surface area contributed by atoms with Gasteiger partial charge in [0.05, 0.1) is 45.5 Å². The van der Waals surface area contributed by atoms with Gasteiger partial charge in [0.1, 0.15) is 0 Å². The van der Waals surface area contributed by atoms with E-state index in [4.69, 9.17) is 0 Å². The minimum Gasteiger partial charge on any atom is -0.341 e. The molecule has 1 aliphatic carbocycles. The first-order valence-electron chi connectivity index (χ1n) is 24.1. The number of hydrogen-bond acceptors (Lipinski definition) is 4. The van der Waals surface area contributed by atoms with Gasteiger partial charge < -0.3 is 19.6 Å². The molecule has 0 radical (unpaired) electrons. The van der Waals surface area contributed by atoms with E-state index >= 15 is 0 Å². The van der Waals surface area contributed by atoms with Gasteiger partial charge >= 0.3 is 0 Å². The summed E-state index contributed by atoms with van der Waals surface area (Å²) in [5, 5.41) is 7.32. The number of fused-ring (bicyclic) bond motifs is 10. The molecule has 11 aromatic rings. The molecule has 4 heteroatoms. The van der Waals surface area contributed by atoms with Crippen LogP contribution in [0, 0.1) is 0 Å². The number of benzene rings is 11. The first-order valence-corrected chi connectivity index (χ1v) is 24.1. The molecule has 0 atom stereocenters. The van der Waals surface area contributed by atoms with Crippen LogP contribution in [0.2, 0.25) is 0 Å². The van der Waals surface area contributed by atoms with Crippen molar-refractivity contribution < 1.29 is 0 Å². The Balaban J connectivity index is 1.14. The van der Waals surface area contributed by atoms with E-state index in [9.17, 15) is 0 Å². The summed E-state index contributed by atoms with van der Waals surface area (Å²) in [6, 6.07) is 81.5. The summed E-state index contributed by atoms with van der Waals surface area (Å²) in [6.45, 7) is 4.78. The molecule has 2 heterocycles. The smallest absolute Gasteiger partial charge is 0.0699 e. The highest BCUT2D eigenvalue weighted by Crippen LogP contribution is 2.58. The van der Waals surface area contributed by atoms with Crippen molar-refractivity contribution in [1.29, 1.82) is 0 Å². The highest BCUT2D eigenvalue weighted by molar-refractivity contribution is 6.26. The van der Waals surface area contributed by atoms with Crippen LogP contribution in [0.5, 0.6) is 0 Å². The first-order chi connectivity index (χ1) is 33.9. The van der Waals surface area contributed by atoms with Gasteiger partial charge in [-0.25, -0.2) is 0 Å². The van der Waals surface area contributed by atoms with Gasteiger partial charge in [-0.1, -0.05) is 159 Å². The molecule has 0 saturated carbocycles. The van der Waals surface area contributed by atoms with Gasteiger partial charge in [-0.15, -0.1) is 0 Å². The maximum absolute atomic E-state index is 2.49. The average Bonchev–Trinajstić information content (AvgIpc) is 3.64. The molecule has 3 aliphatic rings. The molecule has 0 spiro atoms. The zero-order valence-electron chi connectivity index (χ0n) is 39.1. The summed E-state index contributed by atoms with van der Waals surface area (Å²) in [5.74, 6) is 0. The largest absolute Gasteiger partial charge is 0.341 e. The summed E-state index contributed by atoms with van der Waals surface area (Å²) in [7, 11) is 4.36. The van der Waals surface area contributed by atoms with E-state index in [1.165, 1.54) is 99.6 Å². The van der Waals surface area contributed by atoms with E-state index in [1.54, 1.807) is 0 Å². The summed E-state index contributed by atoms with van der Waals surface area (Å²) in [6.07, 6.45) is 0. The minimum atomic E-state index is -0.162. The molecule has 0 N–H and O–H groups in total. The lowest BCUT2D eigenvalue weighted by atomic mass is 9.80. The van der Waals surface area contributed by atoms with Crippen LogP contribution in [0.15, 0.2) is 218 Å². The lowest BCUT2D eigenvalue weighted by molar-refractivity contribution is 0.660. The van der Waals surface area contributed by atoms with Crippen molar-refractivity contribution in [3.05, 3.63) is 230 Å². The van der Waals surface area contributed by atoms with Crippen molar-refractivity contribution in [1.82, 2.24) is 0 Å². The second-order valence-corrected chi connectivity index (χ2v) is 19.4. The van der Waals surface area contributed by atoms with Crippen molar-refractivity contribution >= 4 is 89.2 Å². The third-order valence-electron chi connectivity index (χ3n) is 15.5. The molecule has 0 saturated heterocycles. The Morgan fingerprint density at radius 1 is 0.290 bits per heavy atom. The van der Waals surface area contributed by atoms with Crippen molar-refractivity contribution in [3.63, 3.8) is 0 Å². The number of para-hydroxylation sites is 8. The van der Waals surface area contributed by atoms with Gasteiger partial charge in [-0.05, 0) is 150 Å². The lowest BCUT2D eigenvalue weighted by Gasteiger charge is -2.39. The van der Waals surface area contributed by atoms with E-state index in [0.29, 0.717) is 0 Å². The fourth-order valence-electron chi connectivity index (χ4n) is 12.3. The second-order valence-electron chi connectivity index (χ2n) is 19.4. The summed E-state index contributed by atoms with van der Waals surface area (Å²) >= 11 is 0. The molecule has 0 fully saturated rings. The number of anilines is 10. The van der Waals surface area contributed by atoms with E-state index in [2.05, 4.69) is 266 Å². The van der Waals surface area contributed by atoms with Crippen molar-refractivity contribution in [2.75, 3.05) is 33.7 Å². The van der Waals surface area contributed by atoms with Crippen LogP contribution in [0.4, 0.5) is 56.9 Å². The van der Waals surface area contributed by atoms with Gasteiger partial charge in [-0.3, -0.25) is 0 Å². The molecule has 69 heavy (non-hydrogen) atoms. The van der Waals surface area contributed by atoms with Gasteiger partial charge in [0.2, 0.25) is 0 Å². The molecular formula is C65H48N4. The Labute approximate surface area is 403 Å². The molecule has 0 unspecified atom stereocenters.